The van der Waals surface area contributed by atoms with Gasteiger partial charge >= 0.3 is 0 Å². The third kappa shape index (κ3) is 5.52. The zero-order chi connectivity index (χ0) is 22.4. The standard InChI is InChI=1S/C24H25N3O4/c1-15(28)21(13-17-14-26-20-10-6-5-9-18(17)20)27-22(29)12-11-19(25)24(31)23(30)16-7-3-2-4-8-16/h2-10,14,19,21,26H,11-13,25H2,1H3,(H,27,29)/t19-,21-/m1/s1. The fraction of sp³-hybridized carbons (Fsp3) is 0.250. The third-order valence-corrected chi connectivity index (χ3v) is 5.20. The average Bonchev–Trinajstić information content (AvgIpc) is 3.19. The minimum absolute atomic E-state index is 0.0148. The molecule has 0 spiro atoms. The molecule has 4 N–H and O–H groups in total. The van der Waals surface area contributed by atoms with Gasteiger partial charge in [-0.2, -0.15) is 0 Å². The largest absolute Gasteiger partial charge is 0.361 e. The van der Waals surface area contributed by atoms with Crippen LogP contribution in [0.25, 0.3) is 10.9 Å². The van der Waals surface area contributed by atoms with Gasteiger partial charge in [-0.1, -0.05) is 48.5 Å². The van der Waals surface area contributed by atoms with E-state index in [0.717, 1.165) is 16.5 Å². The molecular formula is C24H25N3O4. The molecule has 1 aromatic heterocycles. The highest BCUT2D eigenvalue weighted by Gasteiger charge is 2.25. The second-order valence-corrected chi connectivity index (χ2v) is 7.50. The van der Waals surface area contributed by atoms with E-state index in [4.69, 9.17) is 5.73 Å². The number of nitrogens with one attached hydrogen (secondary N) is 2. The Morgan fingerprint density at radius 1 is 1.00 bits per heavy atom. The summed E-state index contributed by atoms with van der Waals surface area (Å²) in [6, 6.07) is 14.1. The molecule has 0 bridgehead atoms. The monoisotopic (exact) mass is 419 g/mol. The number of aromatic nitrogens is 1. The average molecular weight is 419 g/mol. The Morgan fingerprint density at radius 3 is 2.39 bits per heavy atom. The molecule has 160 valence electrons. The number of rotatable bonds is 10. The van der Waals surface area contributed by atoms with E-state index in [0.29, 0.717) is 6.42 Å². The molecule has 2 aromatic carbocycles. The Balaban J connectivity index is 1.56. The van der Waals surface area contributed by atoms with Crippen molar-refractivity contribution in [2.45, 2.75) is 38.3 Å². The predicted octanol–water partition coefficient (Wildman–Crippen LogP) is 2.34. The lowest BCUT2D eigenvalue weighted by atomic mass is 9.99. The molecule has 0 fully saturated rings. The molecule has 31 heavy (non-hydrogen) atoms. The smallest absolute Gasteiger partial charge is 0.230 e. The second kappa shape index (κ2) is 9.95. The molecule has 0 aliphatic heterocycles. The molecule has 0 unspecified atom stereocenters. The van der Waals surface area contributed by atoms with Gasteiger partial charge in [0.2, 0.25) is 17.5 Å². The molecule has 1 amide bonds. The molecule has 3 rings (SSSR count). The van der Waals surface area contributed by atoms with Gasteiger partial charge in [0.1, 0.15) is 0 Å². The number of Topliss-reactive ketones (excluding diaryl/α,β-unsaturated/α-hetero) is 3. The summed E-state index contributed by atoms with van der Waals surface area (Å²) in [6.45, 7) is 1.42. The first-order valence-corrected chi connectivity index (χ1v) is 10.1. The first-order chi connectivity index (χ1) is 14.9. The van der Waals surface area contributed by atoms with Crippen molar-refractivity contribution in [2.75, 3.05) is 0 Å². The molecule has 7 heteroatoms. The van der Waals surface area contributed by atoms with Crippen LogP contribution in [0.3, 0.4) is 0 Å². The number of aromatic amines is 1. The molecule has 0 aliphatic carbocycles. The summed E-state index contributed by atoms with van der Waals surface area (Å²) in [5, 5.41) is 3.72. The highest BCUT2D eigenvalue weighted by atomic mass is 16.2. The van der Waals surface area contributed by atoms with Crippen LogP contribution in [0.4, 0.5) is 0 Å². The molecule has 7 nitrogen and oxygen atoms in total. The number of H-pyrrole nitrogens is 1. The number of benzene rings is 2. The van der Waals surface area contributed by atoms with Gasteiger partial charge in [-0.3, -0.25) is 19.2 Å². The predicted molar refractivity (Wildman–Crippen MR) is 118 cm³/mol. The van der Waals surface area contributed by atoms with Crippen molar-refractivity contribution in [3.8, 4) is 0 Å². The van der Waals surface area contributed by atoms with Gasteiger partial charge in [-0.25, -0.2) is 0 Å². The molecule has 2 atom stereocenters. The summed E-state index contributed by atoms with van der Waals surface area (Å²) in [6.07, 6.45) is 2.13. The minimum Gasteiger partial charge on any atom is -0.361 e. The van der Waals surface area contributed by atoms with Crippen LogP contribution >= 0.6 is 0 Å². The van der Waals surface area contributed by atoms with Crippen LogP contribution in [0.15, 0.2) is 60.8 Å². The molecule has 0 aliphatic rings. The summed E-state index contributed by atoms with van der Waals surface area (Å²) in [5.41, 5.74) is 8.00. The summed E-state index contributed by atoms with van der Waals surface area (Å²) in [5.74, 6) is -1.97. The maximum absolute atomic E-state index is 12.4. The van der Waals surface area contributed by atoms with Crippen molar-refractivity contribution < 1.29 is 19.2 Å². The fourth-order valence-electron chi connectivity index (χ4n) is 3.40. The van der Waals surface area contributed by atoms with Crippen LogP contribution in [0, 0.1) is 0 Å². The van der Waals surface area contributed by atoms with Gasteiger partial charge < -0.3 is 16.0 Å². The summed E-state index contributed by atoms with van der Waals surface area (Å²) >= 11 is 0. The highest BCUT2D eigenvalue weighted by molar-refractivity contribution is 6.45. The van der Waals surface area contributed by atoms with Crippen molar-refractivity contribution in [1.29, 1.82) is 0 Å². The normalized spacial score (nSPS) is 12.8. The topological polar surface area (TPSA) is 122 Å². The van der Waals surface area contributed by atoms with Crippen LogP contribution in [0.5, 0.6) is 0 Å². The van der Waals surface area contributed by atoms with Gasteiger partial charge in [0.15, 0.2) is 5.78 Å². The highest BCUT2D eigenvalue weighted by Crippen LogP contribution is 2.19. The first kappa shape index (κ1) is 22.1. The minimum atomic E-state index is -1.08. The Hall–Kier alpha value is -3.58. The van der Waals surface area contributed by atoms with E-state index in [-0.39, 0.29) is 24.2 Å². The summed E-state index contributed by atoms with van der Waals surface area (Å²) in [7, 11) is 0. The summed E-state index contributed by atoms with van der Waals surface area (Å²) in [4.78, 5) is 52.1. The van der Waals surface area contributed by atoms with E-state index >= 15 is 0 Å². The second-order valence-electron chi connectivity index (χ2n) is 7.50. The van der Waals surface area contributed by atoms with Gasteiger partial charge in [0.25, 0.3) is 0 Å². The fourth-order valence-corrected chi connectivity index (χ4v) is 3.40. The van der Waals surface area contributed by atoms with E-state index in [2.05, 4.69) is 10.3 Å². The molecule has 0 radical (unpaired) electrons. The number of carbonyl (C=O) groups is 4. The lowest BCUT2D eigenvalue weighted by Gasteiger charge is -2.16. The number of nitrogens with two attached hydrogens (primary N) is 1. The molecule has 3 aromatic rings. The molecule has 1 heterocycles. The van der Waals surface area contributed by atoms with Gasteiger partial charge in [-0.15, -0.1) is 0 Å². The van der Waals surface area contributed by atoms with E-state index in [1.54, 1.807) is 30.3 Å². The number of hydrogen-bond acceptors (Lipinski definition) is 5. The van der Waals surface area contributed by atoms with E-state index < -0.39 is 29.6 Å². The van der Waals surface area contributed by atoms with Gasteiger partial charge in [0.05, 0.1) is 12.1 Å². The first-order valence-electron chi connectivity index (χ1n) is 10.1. The van der Waals surface area contributed by atoms with Gasteiger partial charge in [-0.05, 0) is 25.0 Å². The lowest BCUT2D eigenvalue weighted by molar-refractivity contribution is -0.127. The van der Waals surface area contributed by atoms with Crippen LogP contribution < -0.4 is 11.1 Å². The maximum Gasteiger partial charge on any atom is 0.230 e. The number of fused-ring (bicyclic) bond motifs is 1. The van der Waals surface area contributed by atoms with Crippen molar-refractivity contribution in [3.63, 3.8) is 0 Å². The van der Waals surface area contributed by atoms with Crippen molar-refractivity contribution >= 4 is 34.2 Å². The van der Waals surface area contributed by atoms with Crippen LogP contribution in [-0.4, -0.2) is 40.3 Å². The number of hydrogen-bond donors (Lipinski definition) is 3. The Labute approximate surface area is 180 Å². The molecule has 0 saturated heterocycles. The lowest BCUT2D eigenvalue weighted by Crippen LogP contribution is -2.42. The summed E-state index contributed by atoms with van der Waals surface area (Å²) < 4.78 is 0. The number of amides is 1. The van der Waals surface area contributed by atoms with Gasteiger partial charge in [0, 0.05) is 35.5 Å². The van der Waals surface area contributed by atoms with Crippen LogP contribution in [0.1, 0.15) is 35.7 Å². The zero-order valence-electron chi connectivity index (χ0n) is 17.3. The van der Waals surface area contributed by atoms with E-state index in [1.807, 2.05) is 30.5 Å². The Kier molecular flexibility index (Phi) is 7.10. The zero-order valence-corrected chi connectivity index (χ0v) is 17.3. The quantitative estimate of drug-likeness (QED) is 0.344. The van der Waals surface area contributed by atoms with Crippen molar-refractivity contribution in [3.05, 3.63) is 71.9 Å². The van der Waals surface area contributed by atoms with E-state index in [9.17, 15) is 19.2 Å². The Morgan fingerprint density at radius 2 is 1.68 bits per heavy atom. The Bertz CT molecular complexity index is 1100. The van der Waals surface area contributed by atoms with E-state index in [1.165, 1.54) is 6.92 Å². The third-order valence-electron chi connectivity index (χ3n) is 5.20. The van der Waals surface area contributed by atoms with Crippen LogP contribution in [-0.2, 0) is 20.8 Å². The van der Waals surface area contributed by atoms with Crippen LogP contribution in [0.2, 0.25) is 0 Å². The number of para-hydroxylation sites is 1. The molecule has 0 saturated carbocycles. The number of ketones is 3. The SMILES string of the molecule is CC(=O)[C@@H](Cc1c[nH]c2ccccc12)NC(=O)CC[C@@H](N)C(=O)C(=O)c1ccccc1. The van der Waals surface area contributed by atoms with Crippen molar-refractivity contribution in [2.24, 2.45) is 5.73 Å². The number of carbonyl (C=O) groups excluding carboxylic acids is 4. The van der Waals surface area contributed by atoms with Crippen molar-refractivity contribution in [1.82, 2.24) is 10.3 Å². The maximum atomic E-state index is 12.4. The molecular weight excluding hydrogens is 394 g/mol.